The van der Waals surface area contributed by atoms with Crippen molar-refractivity contribution in [3.05, 3.63) is 34.5 Å². The van der Waals surface area contributed by atoms with E-state index in [-0.39, 0.29) is 35.9 Å². The predicted molar refractivity (Wildman–Crippen MR) is 116 cm³/mol. The molecule has 0 bridgehead atoms. The third kappa shape index (κ3) is 4.95. The summed E-state index contributed by atoms with van der Waals surface area (Å²) in [6, 6.07) is 3.43. The number of aromatic nitrogens is 2. The molecular weight excluding hydrogens is 434 g/mol. The summed E-state index contributed by atoms with van der Waals surface area (Å²) in [4.78, 5) is 23.5. The van der Waals surface area contributed by atoms with Gasteiger partial charge >= 0.3 is 0 Å². The Labute approximate surface area is 183 Å². The first-order chi connectivity index (χ1) is 14.3. The topological polar surface area (TPSA) is 67.3 Å². The Morgan fingerprint density at radius 2 is 2.13 bits per heavy atom. The van der Waals surface area contributed by atoms with Crippen LogP contribution < -0.4 is 15.0 Å². The van der Waals surface area contributed by atoms with Crippen molar-refractivity contribution in [2.24, 2.45) is 0 Å². The molecule has 1 N–H and O–H groups in total. The molecule has 2 aromatic heterocycles. The van der Waals surface area contributed by atoms with E-state index in [1.54, 1.807) is 30.2 Å². The van der Waals surface area contributed by atoms with Gasteiger partial charge in [0, 0.05) is 37.8 Å². The van der Waals surface area contributed by atoms with E-state index in [9.17, 15) is 13.6 Å². The number of halogens is 3. The quantitative estimate of drug-likeness (QED) is 0.635. The standard InChI is InChI=1S/C20H23ClF2N4O2S/c1-12-15(18(28)25-13-5-8-24-14(11-13)30-3)17(26-19(29-2)16(12)21)27-9-4-6-20(22,23)7-10-27/h5,8,11H,4,6-7,9-10H2,1-3H3,(H,24,25,28). The Hall–Kier alpha value is -2.13. The monoisotopic (exact) mass is 456 g/mol. The van der Waals surface area contributed by atoms with E-state index in [0.717, 1.165) is 5.03 Å². The van der Waals surface area contributed by atoms with Crippen LogP contribution in [0, 0.1) is 6.92 Å². The minimum absolute atomic E-state index is 0.0797. The Bertz CT molecular complexity index is 945. The molecule has 1 amide bonds. The van der Waals surface area contributed by atoms with Gasteiger partial charge in [-0.05, 0) is 37.3 Å². The molecule has 0 saturated carbocycles. The Morgan fingerprint density at radius 3 is 2.83 bits per heavy atom. The van der Waals surface area contributed by atoms with Crippen LogP contribution in [0.1, 0.15) is 35.2 Å². The molecule has 30 heavy (non-hydrogen) atoms. The molecule has 3 rings (SSSR count). The van der Waals surface area contributed by atoms with Crippen LogP contribution >= 0.6 is 23.4 Å². The zero-order chi connectivity index (χ0) is 21.9. The van der Waals surface area contributed by atoms with Crippen LogP contribution in [0.2, 0.25) is 5.02 Å². The van der Waals surface area contributed by atoms with Crippen LogP contribution in [0.15, 0.2) is 23.4 Å². The first-order valence-corrected chi connectivity index (χ1v) is 11.0. The number of thioether (sulfide) groups is 1. The lowest BCUT2D eigenvalue weighted by atomic mass is 10.1. The number of methoxy groups -OCH3 is 1. The number of rotatable bonds is 5. The number of amides is 1. The smallest absolute Gasteiger partial charge is 0.259 e. The fraction of sp³-hybridized carbons (Fsp3) is 0.450. The Kier molecular flexibility index (Phi) is 7.02. The fourth-order valence-electron chi connectivity index (χ4n) is 3.34. The first-order valence-electron chi connectivity index (χ1n) is 9.44. The van der Waals surface area contributed by atoms with Gasteiger partial charge in [-0.3, -0.25) is 4.79 Å². The van der Waals surface area contributed by atoms with E-state index in [1.807, 2.05) is 6.26 Å². The molecule has 0 radical (unpaired) electrons. The average molecular weight is 457 g/mol. The summed E-state index contributed by atoms with van der Waals surface area (Å²) in [5, 5.41) is 3.81. The molecule has 0 aliphatic carbocycles. The molecular formula is C20H23ClF2N4O2S. The molecule has 3 heterocycles. The third-order valence-electron chi connectivity index (χ3n) is 4.96. The zero-order valence-corrected chi connectivity index (χ0v) is 18.5. The van der Waals surface area contributed by atoms with E-state index in [1.165, 1.54) is 18.9 Å². The maximum absolute atomic E-state index is 13.9. The third-order valence-corrected chi connectivity index (χ3v) is 6.05. The van der Waals surface area contributed by atoms with Gasteiger partial charge < -0.3 is 15.0 Å². The van der Waals surface area contributed by atoms with Crippen molar-refractivity contribution >= 4 is 40.8 Å². The van der Waals surface area contributed by atoms with E-state index >= 15 is 0 Å². The van der Waals surface area contributed by atoms with Gasteiger partial charge in [-0.2, -0.15) is 4.98 Å². The fourth-order valence-corrected chi connectivity index (χ4v) is 3.97. The van der Waals surface area contributed by atoms with Crippen molar-refractivity contribution in [1.29, 1.82) is 0 Å². The molecule has 10 heteroatoms. The highest BCUT2D eigenvalue weighted by molar-refractivity contribution is 7.98. The minimum atomic E-state index is -2.73. The molecule has 0 unspecified atom stereocenters. The Balaban J connectivity index is 2.01. The summed E-state index contributed by atoms with van der Waals surface area (Å²) in [5.74, 6) is -2.70. The minimum Gasteiger partial charge on any atom is -0.480 e. The summed E-state index contributed by atoms with van der Waals surface area (Å²) in [6.45, 7) is 2.13. The first kappa shape index (κ1) is 22.6. The molecule has 162 valence electrons. The predicted octanol–water partition coefficient (Wildman–Crippen LogP) is 5.05. The number of pyridine rings is 2. The van der Waals surface area contributed by atoms with Crippen LogP contribution in [0.4, 0.5) is 20.3 Å². The molecule has 2 aromatic rings. The van der Waals surface area contributed by atoms with Gasteiger partial charge in [0.1, 0.15) is 10.8 Å². The van der Waals surface area contributed by atoms with Gasteiger partial charge in [0.2, 0.25) is 11.8 Å². The number of carbonyl (C=O) groups excluding carboxylic acids is 1. The van der Waals surface area contributed by atoms with Crippen molar-refractivity contribution in [3.63, 3.8) is 0 Å². The maximum Gasteiger partial charge on any atom is 0.259 e. The second kappa shape index (κ2) is 9.34. The second-order valence-corrected chi connectivity index (χ2v) is 8.20. The van der Waals surface area contributed by atoms with Crippen LogP contribution in [0.25, 0.3) is 0 Å². The van der Waals surface area contributed by atoms with Crippen LogP contribution in [-0.4, -0.2) is 48.3 Å². The number of ether oxygens (including phenoxy) is 1. The number of carbonyl (C=O) groups is 1. The number of hydrogen-bond acceptors (Lipinski definition) is 6. The van der Waals surface area contributed by atoms with Crippen molar-refractivity contribution in [3.8, 4) is 5.88 Å². The highest BCUT2D eigenvalue weighted by atomic mass is 35.5. The summed E-state index contributed by atoms with van der Waals surface area (Å²) in [5.41, 5.74) is 1.29. The van der Waals surface area contributed by atoms with Crippen LogP contribution in [-0.2, 0) is 0 Å². The van der Waals surface area contributed by atoms with Crippen LogP contribution in [0.5, 0.6) is 5.88 Å². The van der Waals surface area contributed by atoms with E-state index < -0.39 is 11.8 Å². The highest BCUT2D eigenvalue weighted by Gasteiger charge is 2.34. The molecule has 0 spiro atoms. The number of hydrogen-bond donors (Lipinski definition) is 1. The van der Waals surface area contributed by atoms with Gasteiger partial charge in [-0.15, -0.1) is 11.8 Å². The highest BCUT2D eigenvalue weighted by Crippen LogP contribution is 2.37. The largest absolute Gasteiger partial charge is 0.480 e. The van der Waals surface area contributed by atoms with Crippen molar-refractivity contribution in [2.45, 2.75) is 37.1 Å². The van der Waals surface area contributed by atoms with E-state index in [0.29, 0.717) is 30.0 Å². The van der Waals surface area contributed by atoms with E-state index in [2.05, 4.69) is 15.3 Å². The maximum atomic E-state index is 13.9. The second-order valence-electron chi connectivity index (χ2n) is 7.00. The number of nitrogens with zero attached hydrogens (tertiary/aromatic N) is 3. The van der Waals surface area contributed by atoms with Crippen molar-refractivity contribution in [2.75, 3.05) is 36.7 Å². The van der Waals surface area contributed by atoms with Crippen molar-refractivity contribution < 1.29 is 18.3 Å². The van der Waals surface area contributed by atoms with Gasteiger partial charge in [-0.1, -0.05) is 11.6 Å². The van der Waals surface area contributed by atoms with Crippen LogP contribution in [0.3, 0.4) is 0 Å². The lowest BCUT2D eigenvalue weighted by molar-refractivity contribution is -0.0102. The molecule has 6 nitrogen and oxygen atoms in total. The summed E-state index contributed by atoms with van der Waals surface area (Å²) < 4.78 is 33.0. The normalized spacial score (nSPS) is 16.1. The van der Waals surface area contributed by atoms with Gasteiger partial charge in [0.15, 0.2) is 0 Å². The molecule has 0 atom stereocenters. The summed E-state index contributed by atoms with van der Waals surface area (Å²) in [6.07, 6.45) is 3.29. The van der Waals surface area contributed by atoms with Gasteiger partial charge in [0.25, 0.3) is 5.91 Å². The summed E-state index contributed by atoms with van der Waals surface area (Å²) in [7, 11) is 1.43. The van der Waals surface area contributed by atoms with Gasteiger partial charge in [0.05, 0.1) is 17.7 Å². The molecule has 1 aliphatic heterocycles. The molecule has 1 saturated heterocycles. The lowest BCUT2D eigenvalue weighted by Crippen LogP contribution is -2.30. The zero-order valence-electron chi connectivity index (χ0n) is 17.0. The number of anilines is 2. The number of nitrogens with one attached hydrogen (secondary N) is 1. The molecule has 1 aliphatic rings. The van der Waals surface area contributed by atoms with Gasteiger partial charge in [-0.25, -0.2) is 13.8 Å². The Morgan fingerprint density at radius 1 is 1.37 bits per heavy atom. The molecule has 1 fully saturated rings. The summed E-state index contributed by atoms with van der Waals surface area (Å²) >= 11 is 7.82. The number of alkyl halides is 2. The van der Waals surface area contributed by atoms with Crippen molar-refractivity contribution in [1.82, 2.24) is 9.97 Å². The molecule has 0 aromatic carbocycles. The van der Waals surface area contributed by atoms with E-state index in [4.69, 9.17) is 16.3 Å². The average Bonchev–Trinajstić information content (AvgIpc) is 2.90. The lowest BCUT2D eigenvalue weighted by Gasteiger charge is -2.26. The SMILES string of the molecule is COc1nc(N2CCCC(F)(F)CC2)c(C(=O)Nc2ccnc(SC)c2)c(C)c1Cl.